The molecule has 0 saturated heterocycles. The molecule has 1 N–H and O–H groups in total. The third kappa shape index (κ3) is 5.07. The predicted molar refractivity (Wildman–Crippen MR) is 103 cm³/mol. The van der Waals surface area contributed by atoms with E-state index < -0.39 is 24.2 Å². The summed E-state index contributed by atoms with van der Waals surface area (Å²) >= 11 is 3.28. The number of amides is 1. The summed E-state index contributed by atoms with van der Waals surface area (Å²) in [6.45, 7) is 0.623. The van der Waals surface area contributed by atoms with Crippen LogP contribution >= 0.6 is 15.9 Å². The van der Waals surface area contributed by atoms with Crippen LogP contribution in [-0.2, 0) is 9.53 Å². The summed E-state index contributed by atoms with van der Waals surface area (Å²) in [5, 5.41) is 2.41. The van der Waals surface area contributed by atoms with Crippen LogP contribution in [0.25, 0.3) is 0 Å². The van der Waals surface area contributed by atoms with Gasteiger partial charge in [-0.15, -0.1) is 0 Å². The van der Waals surface area contributed by atoms with Crippen molar-refractivity contribution in [2.24, 2.45) is 0 Å². The Bertz CT molecular complexity index is 906. The van der Waals surface area contributed by atoms with Crippen molar-refractivity contribution < 1.29 is 33.0 Å². The number of anilines is 1. The molecule has 0 aliphatic carbocycles. The molecule has 2 rings (SSSR count). The molecule has 0 spiro atoms. The van der Waals surface area contributed by atoms with Gasteiger partial charge in [0.15, 0.2) is 6.61 Å². The second-order valence-electron chi connectivity index (χ2n) is 5.57. The average molecular weight is 454 g/mol. The summed E-state index contributed by atoms with van der Waals surface area (Å²) in [7, 11) is 2.84. The zero-order valence-corrected chi connectivity index (χ0v) is 16.9. The highest BCUT2D eigenvalue weighted by molar-refractivity contribution is 9.10. The highest BCUT2D eigenvalue weighted by Crippen LogP contribution is 2.35. The number of halogens is 2. The highest BCUT2D eigenvalue weighted by atomic mass is 79.9. The standard InChI is InChI=1S/C19H17BrFNO6/c1-10(23)22-12-4-5-13(14(21)8-12)15(24)9-28-19(25)11-6-16(26-2)18(20)17(7-11)27-3/h4-8H,9H2,1-3H3,(H,22,23). The SMILES string of the molecule is COc1cc(C(=O)OCC(=O)c2ccc(NC(C)=O)cc2F)cc(OC)c1Br. The Balaban J connectivity index is 2.10. The molecule has 0 radical (unpaired) electrons. The number of methoxy groups -OCH3 is 2. The minimum Gasteiger partial charge on any atom is -0.495 e. The molecule has 0 aliphatic heterocycles. The lowest BCUT2D eigenvalue weighted by Crippen LogP contribution is -2.16. The number of ketones is 1. The highest BCUT2D eigenvalue weighted by Gasteiger charge is 2.19. The molecule has 28 heavy (non-hydrogen) atoms. The Morgan fingerprint density at radius 3 is 2.18 bits per heavy atom. The number of esters is 1. The fourth-order valence-corrected chi connectivity index (χ4v) is 2.85. The third-order valence-corrected chi connectivity index (χ3v) is 4.39. The Hall–Kier alpha value is -2.94. The van der Waals surface area contributed by atoms with Crippen molar-refractivity contribution in [2.75, 3.05) is 26.1 Å². The Morgan fingerprint density at radius 2 is 1.68 bits per heavy atom. The Morgan fingerprint density at radius 1 is 1.07 bits per heavy atom. The summed E-state index contributed by atoms with van der Waals surface area (Å²) in [4.78, 5) is 35.4. The van der Waals surface area contributed by atoms with E-state index in [1.54, 1.807) is 0 Å². The van der Waals surface area contributed by atoms with E-state index in [1.165, 1.54) is 45.4 Å². The molecular weight excluding hydrogens is 437 g/mol. The number of ether oxygens (including phenoxy) is 3. The Labute approximate surface area is 168 Å². The predicted octanol–water partition coefficient (Wildman–Crippen LogP) is 3.60. The fourth-order valence-electron chi connectivity index (χ4n) is 2.30. The van der Waals surface area contributed by atoms with Gasteiger partial charge in [0.25, 0.3) is 0 Å². The van der Waals surface area contributed by atoms with Crippen molar-refractivity contribution in [2.45, 2.75) is 6.92 Å². The van der Waals surface area contributed by atoms with Crippen LogP contribution in [0, 0.1) is 5.82 Å². The molecule has 0 atom stereocenters. The summed E-state index contributed by atoms with van der Waals surface area (Å²) in [6, 6.07) is 6.44. The zero-order valence-electron chi connectivity index (χ0n) is 15.3. The molecule has 148 valence electrons. The molecule has 0 fully saturated rings. The van der Waals surface area contributed by atoms with E-state index in [-0.39, 0.29) is 22.7 Å². The minimum absolute atomic E-state index is 0.103. The van der Waals surface area contributed by atoms with Crippen molar-refractivity contribution in [3.8, 4) is 11.5 Å². The van der Waals surface area contributed by atoms with Gasteiger partial charge in [-0.2, -0.15) is 0 Å². The zero-order chi connectivity index (χ0) is 20.8. The number of rotatable bonds is 7. The van der Waals surface area contributed by atoms with Crippen molar-refractivity contribution in [1.82, 2.24) is 0 Å². The second kappa shape index (κ2) is 9.32. The molecule has 9 heteroatoms. The van der Waals surface area contributed by atoms with Crippen LogP contribution in [-0.4, -0.2) is 38.5 Å². The largest absolute Gasteiger partial charge is 0.495 e. The summed E-state index contributed by atoms with van der Waals surface area (Å²) in [5.41, 5.74) is 0.0617. The quantitative estimate of drug-likeness (QED) is 0.508. The van der Waals surface area contributed by atoms with Gasteiger partial charge in [0.1, 0.15) is 21.8 Å². The van der Waals surface area contributed by atoms with Crippen LogP contribution in [0.15, 0.2) is 34.8 Å². The monoisotopic (exact) mass is 453 g/mol. The number of carbonyl (C=O) groups is 3. The first-order valence-corrected chi connectivity index (χ1v) is 8.75. The van der Waals surface area contributed by atoms with Crippen LogP contribution in [0.4, 0.5) is 10.1 Å². The van der Waals surface area contributed by atoms with Gasteiger partial charge in [-0.05, 0) is 46.3 Å². The second-order valence-corrected chi connectivity index (χ2v) is 6.36. The molecule has 0 aromatic heterocycles. The first kappa shape index (κ1) is 21.4. The maximum absolute atomic E-state index is 14.1. The molecular formula is C19H17BrFNO6. The van der Waals surface area contributed by atoms with Crippen LogP contribution in [0.1, 0.15) is 27.6 Å². The lowest BCUT2D eigenvalue weighted by Gasteiger charge is -2.11. The van der Waals surface area contributed by atoms with Gasteiger partial charge in [-0.1, -0.05) is 0 Å². The number of nitrogens with one attached hydrogen (secondary N) is 1. The fraction of sp³-hybridized carbons (Fsp3) is 0.211. The van der Waals surface area contributed by atoms with Gasteiger partial charge in [-0.3, -0.25) is 9.59 Å². The van der Waals surface area contributed by atoms with Crippen LogP contribution in [0.3, 0.4) is 0 Å². The van der Waals surface area contributed by atoms with Gasteiger partial charge in [0.2, 0.25) is 11.7 Å². The lowest BCUT2D eigenvalue weighted by molar-refractivity contribution is -0.114. The number of Topliss-reactive ketones (excluding diaryl/α,β-unsaturated/α-hetero) is 1. The van der Waals surface area contributed by atoms with E-state index in [2.05, 4.69) is 21.2 Å². The summed E-state index contributed by atoms with van der Waals surface area (Å²) in [5.74, 6) is -2.04. The number of benzene rings is 2. The van der Waals surface area contributed by atoms with E-state index in [4.69, 9.17) is 14.2 Å². The van der Waals surface area contributed by atoms with Crippen LogP contribution in [0.5, 0.6) is 11.5 Å². The van der Waals surface area contributed by atoms with E-state index in [9.17, 15) is 18.8 Å². The van der Waals surface area contributed by atoms with E-state index in [0.29, 0.717) is 16.0 Å². The van der Waals surface area contributed by atoms with Gasteiger partial charge in [-0.25, -0.2) is 9.18 Å². The molecule has 0 bridgehead atoms. The van der Waals surface area contributed by atoms with E-state index >= 15 is 0 Å². The minimum atomic E-state index is -0.834. The molecule has 0 heterocycles. The average Bonchev–Trinajstić information content (AvgIpc) is 2.65. The maximum Gasteiger partial charge on any atom is 0.338 e. The molecule has 1 amide bonds. The topological polar surface area (TPSA) is 90.9 Å². The van der Waals surface area contributed by atoms with Crippen LogP contribution in [0.2, 0.25) is 0 Å². The van der Waals surface area contributed by atoms with Gasteiger partial charge < -0.3 is 19.5 Å². The maximum atomic E-state index is 14.1. The van der Waals surface area contributed by atoms with E-state index in [1.807, 2.05) is 0 Å². The van der Waals surface area contributed by atoms with E-state index in [0.717, 1.165) is 6.07 Å². The molecule has 0 saturated carbocycles. The van der Waals surface area contributed by atoms with Gasteiger partial charge in [0, 0.05) is 12.6 Å². The first-order valence-electron chi connectivity index (χ1n) is 7.95. The summed E-state index contributed by atoms with van der Waals surface area (Å²) in [6.07, 6.45) is 0. The molecule has 0 unspecified atom stereocenters. The first-order chi connectivity index (χ1) is 13.3. The Kier molecular flexibility index (Phi) is 7.11. The molecule has 2 aromatic carbocycles. The van der Waals surface area contributed by atoms with Crippen molar-refractivity contribution in [3.63, 3.8) is 0 Å². The number of carbonyl (C=O) groups excluding carboxylic acids is 3. The number of hydrogen-bond donors (Lipinski definition) is 1. The van der Waals surface area contributed by atoms with Crippen molar-refractivity contribution >= 4 is 39.3 Å². The molecule has 0 aliphatic rings. The van der Waals surface area contributed by atoms with Crippen molar-refractivity contribution in [3.05, 3.63) is 51.7 Å². The van der Waals surface area contributed by atoms with Crippen LogP contribution < -0.4 is 14.8 Å². The number of hydrogen-bond acceptors (Lipinski definition) is 6. The lowest BCUT2D eigenvalue weighted by atomic mass is 10.1. The third-order valence-electron chi connectivity index (χ3n) is 3.61. The van der Waals surface area contributed by atoms with Gasteiger partial charge in [0.05, 0.1) is 25.3 Å². The normalized spacial score (nSPS) is 10.2. The van der Waals surface area contributed by atoms with Gasteiger partial charge >= 0.3 is 5.97 Å². The smallest absolute Gasteiger partial charge is 0.338 e. The summed E-state index contributed by atoms with van der Waals surface area (Å²) < 4.78 is 29.9. The molecule has 2 aromatic rings. The van der Waals surface area contributed by atoms with Crippen molar-refractivity contribution in [1.29, 1.82) is 0 Å². The molecule has 7 nitrogen and oxygen atoms in total.